The number of benzene rings is 1. The maximum Gasteiger partial charge on any atom is 0.143 e. The lowest BCUT2D eigenvalue weighted by molar-refractivity contribution is 0.410. The third-order valence-corrected chi connectivity index (χ3v) is 3.23. The highest BCUT2D eigenvalue weighted by molar-refractivity contribution is 5.93. The minimum atomic E-state index is 0.502. The first-order valence-corrected chi connectivity index (χ1v) is 6.61. The van der Waals surface area contributed by atoms with Gasteiger partial charge in [-0.05, 0) is 30.7 Å². The average Bonchev–Trinajstić information content (AvgIpc) is 2.82. The molecule has 2 aromatic rings. The fourth-order valence-electron chi connectivity index (χ4n) is 2.29. The Bertz CT molecular complexity index is 546. The summed E-state index contributed by atoms with van der Waals surface area (Å²) >= 11 is 0. The number of fused-ring (bicyclic) bond motifs is 1. The molecule has 0 saturated carbocycles. The van der Waals surface area contributed by atoms with Gasteiger partial charge in [-0.25, -0.2) is 0 Å². The summed E-state index contributed by atoms with van der Waals surface area (Å²) in [7, 11) is 3.38. The second kappa shape index (κ2) is 5.97. The van der Waals surface area contributed by atoms with Gasteiger partial charge in [0.1, 0.15) is 11.5 Å². The van der Waals surface area contributed by atoms with Crippen LogP contribution in [0.15, 0.2) is 18.3 Å². The second-order valence-electron chi connectivity index (χ2n) is 4.89. The average molecular weight is 262 g/mol. The summed E-state index contributed by atoms with van der Waals surface area (Å²) in [5.41, 5.74) is 2.25. The van der Waals surface area contributed by atoms with Gasteiger partial charge in [-0.3, -0.25) is 0 Å². The second-order valence-corrected chi connectivity index (χ2v) is 4.89. The van der Waals surface area contributed by atoms with Crippen molar-refractivity contribution in [2.75, 3.05) is 20.8 Å². The van der Waals surface area contributed by atoms with E-state index in [0.717, 1.165) is 35.4 Å². The van der Waals surface area contributed by atoms with Gasteiger partial charge in [-0.1, -0.05) is 13.8 Å². The zero-order valence-corrected chi connectivity index (χ0v) is 12.0. The van der Waals surface area contributed by atoms with Gasteiger partial charge in [0.05, 0.1) is 19.7 Å². The molecule has 0 atom stereocenters. The molecule has 1 aromatic carbocycles. The zero-order valence-electron chi connectivity index (χ0n) is 12.0. The summed E-state index contributed by atoms with van der Waals surface area (Å²) in [4.78, 5) is 3.29. The Balaban J connectivity index is 2.34. The molecule has 2 N–H and O–H groups in total. The van der Waals surface area contributed by atoms with E-state index in [1.807, 2.05) is 18.3 Å². The molecule has 0 aliphatic carbocycles. The standard InChI is InChI=1S/C15H22N2O2/c1-10(2)16-8-7-11-9-17-15-13(19-4)6-5-12(18-3)14(11)15/h5-6,9-10,16-17H,7-8H2,1-4H3. The van der Waals surface area contributed by atoms with Crippen LogP contribution in [0.5, 0.6) is 11.5 Å². The fraction of sp³-hybridized carbons (Fsp3) is 0.467. The summed E-state index contributed by atoms with van der Waals surface area (Å²) in [5.74, 6) is 1.73. The highest BCUT2D eigenvalue weighted by atomic mass is 16.5. The fourth-order valence-corrected chi connectivity index (χ4v) is 2.29. The van der Waals surface area contributed by atoms with Crippen molar-refractivity contribution in [2.45, 2.75) is 26.3 Å². The van der Waals surface area contributed by atoms with Crippen LogP contribution in [0.1, 0.15) is 19.4 Å². The van der Waals surface area contributed by atoms with Crippen molar-refractivity contribution in [3.63, 3.8) is 0 Å². The van der Waals surface area contributed by atoms with E-state index in [2.05, 4.69) is 24.1 Å². The topological polar surface area (TPSA) is 46.3 Å². The first-order valence-electron chi connectivity index (χ1n) is 6.61. The summed E-state index contributed by atoms with van der Waals surface area (Å²) in [5, 5.41) is 4.55. The Kier molecular flexibility index (Phi) is 4.32. The van der Waals surface area contributed by atoms with Crippen molar-refractivity contribution < 1.29 is 9.47 Å². The molecule has 0 fully saturated rings. The number of methoxy groups -OCH3 is 2. The molecule has 1 heterocycles. The molecule has 0 saturated heterocycles. The molecule has 0 aliphatic rings. The number of aromatic nitrogens is 1. The summed E-state index contributed by atoms with van der Waals surface area (Å²) < 4.78 is 10.8. The number of hydrogen-bond donors (Lipinski definition) is 2. The number of hydrogen-bond acceptors (Lipinski definition) is 3. The van der Waals surface area contributed by atoms with Gasteiger partial charge in [-0.2, -0.15) is 0 Å². The van der Waals surface area contributed by atoms with Gasteiger partial charge in [-0.15, -0.1) is 0 Å². The van der Waals surface area contributed by atoms with Crippen molar-refractivity contribution in [1.29, 1.82) is 0 Å². The molecule has 0 radical (unpaired) electrons. The first kappa shape index (κ1) is 13.7. The van der Waals surface area contributed by atoms with Crippen molar-refractivity contribution in [1.82, 2.24) is 10.3 Å². The number of nitrogens with one attached hydrogen (secondary N) is 2. The normalized spacial score (nSPS) is 11.2. The van der Waals surface area contributed by atoms with Gasteiger partial charge in [0, 0.05) is 17.6 Å². The van der Waals surface area contributed by atoms with E-state index in [1.165, 1.54) is 5.56 Å². The quantitative estimate of drug-likeness (QED) is 0.841. The van der Waals surface area contributed by atoms with Crippen LogP contribution >= 0.6 is 0 Å². The van der Waals surface area contributed by atoms with E-state index >= 15 is 0 Å². The van der Waals surface area contributed by atoms with Crippen LogP contribution in [-0.4, -0.2) is 31.8 Å². The zero-order chi connectivity index (χ0) is 13.8. The predicted octanol–water partition coefficient (Wildman–Crippen LogP) is 2.73. The Morgan fingerprint density at radius 3 is 2.47 bits per heavy atom. The summed E-state index contributed by atoms with van der Waals surface area (Å²) in [6.07, 6.45) is 3.00. The lowest BCUT2D eigenvalue weighted by atomic mass is 10.1. The van der Waals surface area contributed by atoms with Crippen molar-refractivity contribution in [2.24, 2.45) is 0 Å². The SMILES string of the molecule is COc1ccc(OC)c2c(CCNC(C)C)c[nH]c12. The Morgan fingerprint density at radius 2 is 1.84 bits per heavy atom. The number of aromatic amines is 1. The smallest absolute Gasteiger partial charge is 0.143 e. The van der Waals surface area contributed by atoms with Gasteiger partial charge in [0.2, 0.25) is 0 Å². The van der Waals surface area contributed by atoms with E-state index in [1.54, 1.807) is 14.2 Å². The van der Waals surface area contributed by atoms with Crippen LogP contribution in [0, 0.1) is 0 Å². The third kappa shape index (κ3) is 2.84. The number of H-pyrrole nitrogens is 1. The molecule has 1 aromatic heterocycles. The Hall–Kier alpha value is -1.68. The molecule has 0 amide bonds. The lowest BCUT2D eigenvalue weighted by Gasteiger charge is -2.09. The monoisotopic (exact) mass is 262 g/mol. The molecule has 0 unspecified atom stereocenters. The van der Waals surface area contributed by atoms with Gasteiger partial charge >= 0.3 is 0 Å². The van der Waals surface area contributed by atoms with Crippen molar-refractivity contribution in [3.8, 4) is 11.5 Å². The predicted molar refractivity (Wildman–Crippen MR) is 78.2 cm³/mol. The molecule has 4 heteroatoms. The van der Waals surface area contributed by atoms with E-state index in [4.69, 9.17) is 9.47 Å². The molecule has 104 valence electrons. The van der Waals surface area contributed by atoms with Crippen LogP contribution in [-0.2, 0) is 6.42 Å². The van der Waals surface area contributed by atoms with Crippen LogP contribution in [0.4, 0.5) is 0 Å². The van der Waals surface area contributed by atoms with Gasteiger partial charge in [0.15, 0.2) is 0 Å². The van der Waals surface area contributed by atoms with Crippen molar-refractivity contribution >= 4 is 10.9 Å². The molecule has 0 bridgehead atoms. The number of rotatable bonds is 6. The molecule has 4 nitrogen and oxygen atoms in total. The largest absolute Gasteiger partial charge is 0.496 e. The van der Waals surface area contributed by atoms with E-state index in [0.29, 0.717) is 6.04 Å². The molecule has 2 rings (SSSR count). The number of ether oxygens (including phenoxy) is 2. The summed E-state index contributed by atoms with van der Waals surface area (Å²) in [6.45, 7) is 5.25. The molecular weight excluding hydrogens is 240 g/mol. The van der Waals surface area contributed by atoms with E-state index < -0.39 is 0 Å². The highest BCUT2D eigenvalue weighted by Gasteiger charge is 2.13. The van der Waals surface area contributed by atoms with E-state index in [-0.39, 0.29) is 0 Å². The third-order valence-electron chi connectivity index (χ3n) is 3.23. The van der Waals surface area contributed by atoms with Crippen LogP contribution < -0.4 is 14.8 Å². The Labute approximate surface area is 114 Å². The van der Waals surface area contributed by atoms with E-state index in [9.17, 15) is 0 Å². The minimum Gasteiger partial charge on any atom is -0.496 e. The maximum atomic E-state index is 5.46. The van der Waals surface area contributed by atoms with Crippen molar-refractivity contribution in [3.05, 3.63) is 23.9 Å². The molecule has 0 spiro atoms. The van der Waals surface area contributed by atoms with Crippen LogP contribution in [0.2, 0.25) is 0 Å². The highest BCUT2D eigenvalue weighted by Crippen LogP contribution is 2.35. The van der Waals surface area contributed by atoms with Crippen LogP contribution in [0.3, 0.4) is 0 Å². The van der Waals surface area contributed by atoms with Gasteiger partial charge < -0.3 is 19.8 Å². The summed E-state index contributed by atoms with van der Waals surface area (Å²) in [6, 6.07) is 4.38. The first-order chi connectivity index (χ1) is 9.17. The molecule has 0 aliphatic heterocycles. The van der Waals surface area contributed by atoms with Gasteiger partial charge in [0.25, 0.3) is 0 Å². The molecule has 19 heavy (non-hydrogen) atoms. The minimum absolute atomic E-state index is 0.502. The maximum absolute atomic E-state index is 5.46. The van der Waals surface area contributed by atoms with Crippen LogP contribution in [0.25, 0.3) is 10.9 Å². The lowest BCUT2D eigenvalue weighted by Crippen LogP contribution is -2.24. The Morgan fingerprint density at radius 1 is 1.16 bits per heavy atom. The molecular formula is C15H22N2O2.